The van der Waals surface area contributed by atoms with Crippen molar-refractivity contribution in [1.29, 1.82) is 0 Å². The average molecular weight is 356 g/mol. The van der Waals surface area contributed by atoms with Gasteiger partial charge in [-0.15, -0.1) is 11.3 Å². The zero-order valence-electron chi connectivity index (χ0n) is 13.0. The number of carbonyl (C=O) groups excluding carboxylic acids is 1. The summed E-state index contributed by atoms with van der Waals surface area (Å²) in [4.78, 5) is 11.9. The van der Waals surface area contributed by atoms with E-state index in [0.29, 0.717) is 5.76 Å². The fourth-order valence-corrected chi connectivity index (χ4v) is 4.76. The van der Waals surface area contributed by atoms with Crippen molar-refractivity contribution in [2.75, 3.05) is 6.54 Å². The van der Waals surface area contributed by atoms with E-state index in [-0.39, 0.29) is 16.8 Å². The van der Waals surface area contributed by atoms with Gasteiger partial charge in [0, 0.05) is 12.6 Å². The number of hydrogen-bond acceptors (Lipinski definition) is 5. The second-order valence-corrected chi connectivity index (χ2v) is 8.45. The zero-order valence-corrected chi connectivity index (χ0v) is 14.6. The molecule has 23 heavy (non-hydrogen) atoms. The lowest BCUT2D eigenvalue weighted by atomic mass is 10.3. The molecule has 0 aromatic carbocycles. The summed E-state index contributed by atoms with van der Waals surface area (Å²) in [5.41, 5.74) is 0. The predicted molar refractivity (Wildman–Crippen MR) is 89.2 cm³/mol. The van der Waals surface area contributed by atoms with Crippen molar-refractivity contribution < 1.29 is 17.6 Å². The van der Waals surface area contributed by atoms with E-state index in [1.807, 2.05) is 13.8 Å². The molecular formula is C15H20N2O4S2. The van der Waals surface area contributed by atoms with Gasteiger partial charge in [0.05, 0.1) is 6.26 Å². The quantitative estimate of drug-likeness (QED) is 0.798. The maximum Gasteiger partial charge on any atom is 0.315 e. The molecule has 0 aliphatic heterocycles. The van der Waals surface area contributed by atoms with E-state index in [1.54, 1.807) is 29.6 Å². The van der Waals surface area contributed by atoms with Crippen molar-refractivity contribution in [2.24, 2.45) is 0 Å². The van der Waals surface area contributed by atoms with Crippen LogP contribution in [0, 0.1) is 0 Å². The van der Waals surface area contributed by atoms with Crippen molar-refractivity contribution in [1.82, 2.24) is 10.6 Å². The number of nitrogens with one attached hydrogen (secondary N) is 2. The average Bonchev–Trinajstić information content (AvgIpc) is 3.20. The maximum absolute atomic E-state index is 12.8. The summed E-state index contributed by atoms with van der Waals surface area (Å²) in [6.45, 7) is 3.78. The van der Waals surface area contributed by atoms with Crippen LogP contribution in [0.1, 0.15) is 31.3 Å². The van der Waals surface area contributed by atoms with E-state index >= 15 is 0 Å². The molecule has 0 saturated heterocycles. The molecule has 2 aromatic rings. The van der Waals surface area contributed by atoms with Crippen LogP contribution in [0.4, 0.5) is 4.79 Å². The molecule has 2 aromatic heterocycles. The number of thiophene rings is 1. The lowest BCUT2D eigenvalue weighted by Gasteiger charge is -2.17. The molecule has 0 bridgehead atoms. The van der Waals surface area contributed by atoms with Gasteiger partial charge in [0.1, 0.15) is 15.2 Å². The van der Waals surface area contributed by atoms with Crippen molar-refractivity contribution in [2.45, 2.75) is 35.8 Å². The van der Waals surface area contributed by atoms with Gasteiger partial charge in [-0.1, -0.05) is 13.0 Å². The first kappa shape index (κ1) is 17.6. The highest BCUT2D eigenvalue weighted by Gasteiger charge is 2.32. The van der Waals surface area contributed by atoms with E-state index in [1.165, 1.54) is 6.26 Å². The van der Waals surface area contributed by atoms with E-state index < -0.39 is 21.1 Å². The molecule has 8 heteroatoms. The Morgan fingerprint density at radius 2 is 2.13 bits per heavy atom. The van der Waals surface area contributed by atoms with Gasteiger partial charge in [0.2, 0.25) is 0 Å². The van der Waals surface area contributed by atoms with Gasteiger partial charge >= 0.3 is 6.03 Å². The van der Waals surface area contributed by atoms with Gasteiger partial charge in [-0.3, -0.25) is 0 Å². The second-order valence-electron chi connectivity index (χ2n) is 5.14. The molecule has 2 amide bonds. The van der Waals surface area contributed by atoms with Gasteiger partial charge < -0.3 is 15.1 Å². The first-order valence-electron chi connectivity index (χ1n) is 7.30. The minimum atomic E-state index is -3.63. The number of urea groups is 1. The largest absolute Gasteiger partial charge is 0.468 e. The summed E-state index contributed by atoms with van der Waals surface area (Å²) >= 11 is 1.15. The summed E-state index contributed by atoms with van der Waals surface area (Å²) in [6, 6.07) is 6.09. The number of furan rings is 1. The Labute approximate surface area is 139 Å². The molecule has 0 aliphatic rings. The van der Waals surface area contributed by atoms with Crippen molar-refractivity contribution in [3.8, 4) is 0 Å². The predicted octanol–water partition coefficient (Wildman–Crippen LogP) is 2.95. The zero-order chi connectivity index (χ0) is 16.9. The molecule has 2 rings (SSSR count). The molecule has 0 saturated carbocycles. The van der Waals surface area contributed by atoms with Gasteiger partial charge in [-0.05, 0) is 36.9 Å². The first-order chi connectivity index (χ1) is 10.9. The van der Waals surface area contributed by atoms with E-state index in [0.717, 1.165) is 17.8 Å². The molecule has 2 heterocycles. The third kappa shape index (κ3) is 4.35. The number of sulfone groups is 1. The monoisotopic (exact) mass is 356 g/mol. The number of hydrogen-bond donors (Lipinski definition) is 2. The Balaban J connectivity index is 2.15. The lowest BCUT2D eigenvalue weighted by Crippen LogP contribution is -2.42. The number of carbonyl (C=O) groups is 1. The van der Waals surface area contributed by atoms with E-state index in [4.69, 9.17) is 4.42 Å². The van der Waals surface area contributed by atoms with Crippen LogP contribution in [-0.4, -0.2) is 27.0 Å². The van der Waals surface area contributed by atoms with Gasteiger partial charge in [0.15, 0.2) is 9.84 Å². The lowest BCUT2D eigenvalue weighted by molar-refractivity contribution is 0.237. The molecule has 0 aliphatic carbocycles. The third-order valence-electron chi connectivity index (χ3n) is 3.45. The highest BCUT2D eigenvalue weighted by atomic mass is 32.2. The Bertz CT molecular complexity index is 709. The van der Waals surface area contributed by atoms with Crippen molar-refractivity contribution >= 4 is 27.2 Å². The third-order valence-corrected chi connectivity index (χ3v) is 6.94. The van der Waals surface area contributed by atoms with Crippen LogP contribution in [0.3, 0.4) is 0 Å². The Kier molecular flexibility index (Phi) is 5.84. The molecule has 2 unspecified atom stereocenters. The van der Waals surface area contributed by atoms with Crippen molar-refractivity contribution in [3.05, 3.63) is 41.7 Å². The molecule has 2 atom stereocenters. The summed E-state index contributed by atoms with van der Waals surface area (Å²) in [5, 5.41) is 6.11. The highest BCUT2D eigenvalue weighted by Crippen LogP contribution is 2.31. The van der Waals surface area contributed by atoms with E-state index in [2.05, 4.69) is 10.6 Å². The summed E-state index contributed by atoms with van der Waals surface area (Å²) < 4.78 is 31.0. The van der Waals surface area contributed by atoms with Crippen LogP contribution < -0.4 is 10.6 Å². The SMILES string of the molecule is CCC(C)NC(=O)NCC(c1ccco1)S(=O)(=O)c1cccs1. The van der Waals surface area contributed by atoms with Crippen molar-refractivity contribution in [3.63, 3.8) is 0 Å². The first-order valence-corrected chi connectivity index (χ1v) is 9.73. The van der Waals surface area contributed by atoms with Gasteiger partial charge in [0.25, 0.3) is 0 Å². The molecular weight excluding hydrogens is 336 g/mol. The molecule has 0 spiro atoms. The van der Waals surface area contributed by atoms with Crippen LogP contribution in [0.5, 0.6) is 0 Å². The topological polar surface area (TPSA) is 88.4 Å². The highest BCUT2D eigenvalue weighted by molar-refractivity contribution is 7.93. The van der Waals surface area contributed by atoms with Crippen LogP contribution >= 0.6 is 11.3 Å². The Morgan fingerprint density at radius 3 is 2.70 bits per heavy atom. The maximum atomic E-state index is 12.8. The van der Waals surface area contributed by atoms with Gasteiger partial charge in [-0.2, -0.15) is 0 Å². The molecule has 0 radical (unpaired) electrons. The minimum Gasteiger partial charge on any atom is -0.468 e. The summed E-state index contributed by atoms with van der Waals surface area (Å²) in [5.74, 6) is 0.308. The second kappa shape index (κ2) is 7.65. The summed E-state index contributed by atoms with van der Waals surface area (Å²) in [6.07, 6.45) is 2.22. The van der Waals surface area contributed by atoms with Crippen LogP contribution in [-0.2, 0) is 9.84 Å². The molecule has 0 fully saturated rings. The van der Waals surface area contributed by atoms with Crippen LogP contribution in [0.15, 0.2) is 44.5 Å². The molecule has 2 N–H and O–H groups in total. The van der Waals surface area contributed by atoms with Gasteiger partial charge in [-0.25, -0.2) is 13.2 Å². The number of amides is 2. The van der Waals surface area contributed by atoms with Crippen LogP contribution in [0.25, 0.3) is 0 Å². The Morgan fingerprint density at radius 1 is 1.35 bits per heavy atom. The molecule has 126 valence electrons. The standard InChI is InChI=1S/C15H20N2O4S2/c1-3-11(2)17-15(18)16-10-13(12-6-4-8-21-12)23(19,20)14-7-5-9-22-14/h4-9,11,13H,3,10H2,1-2H3,(H2,16,17,18). The smallest absolute Gasteiger partial charge is 0.315 e. The number of rotatable bonds is 7. The fraction of sp³-hybridized carbons (Fsp3) is 0.400. The Hall–Kier alpha value is -1.80. The molecule has 6 nitrogen and oxygen atoms in total. The van der Waals surface area contributed by atoms with E-state index in [9.17, 15) is 13.2 Å². The van der Waals surface area contributed by atoms with Crippen LogP contribution in [0.2, 0.25) is 0 Å². The normalized spacial score (nSPS) is 14.2. The fourth-order valence-electron chi connectivity index (χ4n) is 1.97. The minimum absolute atomic E-state index is 0.0194. The summed E-state index contributed by atoms with van der Waals surface area (Å²) in [7, 11) is -3.63.